The lowest BCUT2D eigenvalue weighted by molar-refractivity contribution is -0.158. The van der Waals surface area contributed by atoms with E-state index in [-0.39, 0.29) is 19.5 Å². The second-order valence-electron chi connectivity index (χ2n) is 3.02. The maximum absolute atomic E-state index is 8.59. The van der Waals surface area contributed by atoms with Gasteiger partial charge in [-0.2, -0.15) is 0 Å². The van der Waals surface area contributed by atoms with Gasteiger partial charge in [0.15, 0.2) is 6.29 Å². The van der Waals surface area contributed by atoms with Gasteiger partial charge in [0.25, 0.3) is 0 Å². The standard InChI is InChI=1S/C10H22O5/c1-2-3-10(14-7-5-12)15-9-8-13-6-4-11/h10-12H,2-9H2,1H3. The summed E-state index contributed by atoms with van der Waals surface area (Å²) < 4.78 is 15.7. The van der Waals surface area contributed by atoms with Gasteiger partial charge in [-0.25, -0.2) is 0 Å². The summed E-state index contributed by atoms with van der Waals surface area (Å²) in [5.41, 5.74) is 0. The van der Waals surface area contributed by atoms with Crippen LogP contribution in [0.1, 0.15) is 19.8 Å². The molecule has 0 aromatic heterocycles. The molecule has 0 fully saturated rings. The van der Waals surface area contributed by atoms with Crippen LogP contribution >= 0.6 is 0 Å². The predicted octanol–water partition coefficient (Wildman–Crippen LogP) is 0.147. The molecule has 92 valence electrons. The van der Waals surface area contributed by atoms with Gasteiger partial charge in [-0.1, -0.05) is 13.3 Å². The lowest BCUT2D eigenvalue weighted by atomic mass is 10.3. The Labute approximate surface area is 91.0 Å². The van der Waals surface area contributed by atoms with Crippen molar-refractivity contribution < 1.29 is 24.4 Å². The Kier molecular flexibility index (Phi) is 11.7. The topological polar surface area (TPSA) is 68.2 Å². The quantitative estimate of drug-likeness (QED) is 0.384. The molecular weight excluding hydrogens is 200 g/mol. The van der Waals surface area contributed by atoms with Gasteiger partial charge in [0.1, 0.15) is 0 Å². The summed E-state index contributed by atoms with van der Waals surface area (Å²) in [6.45, 7) is 3.59. The molecule has 5 heteroatoms. The highest BCUT2D eigenvalue weighted by Gasteiger charge is 2.07. The highest BCUT2D eigenvalue weighted by Crippen LogP contribution is 2.03. The van der Waals surface area contributed by atoms with Gasteiger partial charge in [0.05, 0.1) is 39.6 Å². The van der Waals surface area contributed by atoms with E-state index < -0.39 is 0 Å². The van der Waals surface area contributed by atoms with E-state index in [4.69, 9.17) is 24.4 Å². The van der Waals surface area contributed by atoms with Crippen LogP contribution < -0.4 is 0 Å². The highest BCUT2D eigenvalue weighted by molar-refractivity contribution is 4.44. The molecule has 2 N–H and O–H groups in total. The summed E-state index contributed by atoms with van der Waals surface area (Å²) in [5.74, 6) is 0. The molecule has 0 aromatic carbocycles. The highest BCUT2D eigenvalue weighted by atomic mass is 16.7. The van der Waals surface area contributed by atoms with Gasteiger partial charge < -0.3 is 24.4 Å². The normalized spacial score (nSPS) is 13.0. The van der Waals surface area contributed by atoms with Gasteiger partial charge in [-0.15, -0.1) is 0 Å². The van der Waals surface area contributed by atoms with Crippen molar-refractivity contribution in [2.24, 2.45) is 0 Å². The first kappa shape index (κ1) is 14.8. The third-order valence-electron chi connectivity index (χ3n) is 1.69. The van der Waals surface area contributed by atoms with Gasteiger partial charge in [0, 0.05) is 0 Å². The van der Waals surface area contributed by atoms with Crippen molar-refractivity contribution in [3.8, 4) is 0 Å². The van der Waals surface area contributed by atoms with Crippen molar-refractivity contribution in [3.05, 3.63) is 0 Å². The fourth-order valence-electron chi connectivity index (χ4n) is 1.04. The Morgan fingerprint density at radius 2 is 1.60 bits per heavy atom. The Bertz CT molecular complexity index is 120. The first-order valence-corrected chi connectivity index (χ1v) is 5.37. The lowest BCUT2D eigenvalue weighted by Gasteiger charge is -2.17. The van der Waals surface area contributed by atoms with Crippen LogP contribution in [0.15, 0.2) is 0 Å². The summed E-state index contributed by atoms with van der Waals surface area (Å²) >= 11 is 0. The molecule has 0 aliphatic heterocycles. The molecule has 0 amide bonds. The summed E-state index contributed by atoms with van der Waals surface area (Å²) in [6, 6.07) is 0. The van der Waals surface area contributed by atoms with Crippen LogP contribution in [-0.4, -0.2) is 56.1 Å². The SMILES string of the molecule is CCCC(OCCO)OCCOCCO. The zero-order valence-corrected chi connectivity index (χ0v) is 9.35. The molecule has 0 heterocycles. The zero-order chi connectivity index (χ0) is 11.4. The van der Waals surface area contributed by atoms with E-state index in [1.165, 1.54) is 0 Å². The number of hydrogen-bond donors (Lipinski definition) is 2. The summed E-state index contributed by atoms with van der Waals surface area (Å²) in [6.07, 6.45) is 1.51. The largest absolute Gasteiger partial charge is 0.394 e. The molecule has 0 aromatic rings. The molecular formula is C10H22O5. The number of aliphatic hydroxyl groups excluding tert-OH is 2. The first-order chi connectivity index (χ1) is 7.35. The van der Waals surface area contributed by atoms with Crippen LogP contribution in [0.25, 0.3) is 0 Å². The van der Waals surface area contributed by atoms with E-state index in [1.54, 1.807) is 0 Å². The summed E-state index contributed by atoms with van der Waals surface area (Å²) in [7, 11) is 0. The average molecular weight is 222 g/mol. The first-order valence-electron chi connectivity index (χ1n) is 5.37. The fourth-order valence-corrected chi connectivity index (χ4v) is 1.04. The molecule has 0 bridgehead atoms. The molecule has 0 saturated heterocycles. The van der Waals surface area contributed by atoms with Gasteiger partial charge >= 0.3 is 0 Å². The number of rotatable bonds is 11. The molecule has 1 atom stereocenters. The molecule has 5 nitrogen and oxygen atoms in total. The van der Waals surface area contributed by atoms with E-state index in [2.05, 4.69) is 0 Å². The third-order valence-corrected chi connectivity index (χ3v) is 1.69. The molecule has 1 unspecified atom stereocenters. The van der Waals surface area contributed by atoms with Crippen LogP contribution in [0.3, 0.4) is 0 Å². The minimum atomic E-state index is -0.264. The number of ether oxygens (including phenoxy) is 3. The van der Waals surface area contributed by atoms with Crippen LogP contribution in [-0.2, 0) is 14.2 Å². The van der Waals surface area contributed by atoms with E-state index in [0.29, 0.717) is 26.4 Å². The molecule has 0 radical (unpaired) electrons. The van der Waals surface area contributed by atoms with Gasteiger partial charge in [-0.3, -0.25) is 0 Å². The minimum absolute atomic E-state index is 0.00455. The second kappa shape index (κ2) is 11.9. The summed E-state index contributed by atoms with van der Waals surface area (Å²) in [4.78, 5) is 0. The van der Waals surface area contributed by atoms with Crippen molar-refractivity contribution in [1.29, 1.82) is 0 Å². The summed E-state index contributed by atoms with van der Waals surface area (Å²) in [5, 5.41) is 17.0. The zero-order valence-electron chi connectivity index (χ0n) is 9.35. The fraction of sp³-hybridized carbons (Fsp3) is 1.00. The monoisotopic (exact) mass is 222 g/mol. The molecule has 0 saturated carbocycles. The van der Waals surface area contributed by atoms with Crippen LogP contribution in [0.5, 0.6) is 0 Å². The molecule has 0 aliphatic rings. The van der Waals surface area contributed by atoms with E-state index in [1.807, 2.05) is 6.92 Å². The third kappa shape index (κ3) is 10.1. The maximum atomic E-state index is 8.59. The van der Waals surface area contributed by atoms with Crippen LogP contribution in [0.2, 0.25) is 0 Å². The number of hydrogen-bond acceptors (Lipinski definition) is 5. The van der Waals surface area contributed by atoms with Crippen molar-refractivity contribution in [2.75, 3.05) is 39.6 Å². The van der Waals surface area contributed by atoms with Crippen LogP contribution in [0.4, 0.5) is 0 Å². The Morgan fingerprint density at radius 3 is 2.20 bits per heavy atom. The Morgan fingerprint density at radius 1 is 0.933 bits per heavy atom. The van der Waals surface area contributed by atoms with E-state index in [9.17, 15) is 0 Å². The van der Waals surface area contributed by atoms with Crippen molar-refractivity contribution >= 4 is 0 Å². The van der Waals surface area contributed by atoms with E-state index >= 15 is 0 Å². The van der Waals surface area contributed by atoms with Crippen LogP contribution in [0, 0.1) is 0 Å². The second-order valence-corrected chi connectivity index (χ2v) is 3.02. The van der Waals surface area contributed by atoms with Crippen molar-refractivity contribution in [3.63, 3.8) is 0 Å². The van der Waals surface area contributed by atoms with E-state index in [0.717, 1.165) is 12.8 Å². The number of aliphatic hydroxyl groups is 2. The lowest BCUT2D eigenvalue weighted by Crippen LogP contribution is -2.21. The smallest absolute Gasteiger partial charge is 0.157 e. The predicted molar refractivity (Wildman–Crippen MR) is 55.6 cm³/mol. The molecule has 0 rings (SSSR count). The molecule has 0 aliphatic carbocycles. The average Bonchev–Trinajstić information content (AvgIpc) is 2.25. The minimum Gasteiger partial charge on any atom is -0.394 e. The van der Waals surface area contributed by atoms with Crippen molar-refractivity contribution in [1.82, 2.24) is 0 Å². The molecule has 0 spiro atoms. The van der Waals surface area contributed by atoms with Gasteiger partial charge in [0.2, 0.25) is 0 Å². The molecule has 15 heavy (non-hydrogen) atoms. The Hall–Kier alpha value is -0.200. The van der Waals surface area contributed by atoms with Gasteiger partial charge in [-0.05, 0) is 6.42 Å². The maximum Gasteiger partial charge on any atom is 0.157 e. The van der Waals surface area contributed by atoms with Crippen molar-refractivity contribution in [2.45, 2.75) is 26.1 Å². The Balaban J connectivity index is 3.38.